The van der Waals surface area contributed by atoms with E-state index >= 15 is 0 Å². The number of hydrogen-bond acceptors (Lipinski definition) is 13. The van der Waals surface area contributed by atoms with Crippen LogP contribution in [0.15, 0.2) is 100 Å². The number of rotatable bonds is 24. The number of thiazole rings is 1. The van der Waals surface area contributed by atoms with E-state index in [-0.39, 0.29) is 5.97 Å². The zero-order valence-electron chi connectivity index (χ0n) is 31.2. The summed E-state index contributed by atoms with van der Waals surface area (Å²) in [6, 6.07) is 17.4. The Morgan fingerprint density at radius 3 is 1.94 bits per heavy atom. The normalized spacial score (nSPS) is 11.5. The van der Waals surface area contributed by atoms with E-state index in [9.17, 15) is 9.59 Å². The molecule has 0 saturated heterocycles. The van der Waals surface area contributed by atoms with Crippen molar-refractivity contribution < 1.29 is 26.8 Å². The van der Waals surface area contributed by atoms with Crippen LogP contribution in [0.1, 0.15) is 67.7 Å². The van der Waals surface area contributed by atoms with Gasteiger partial charge < -0.3 is 19.1 Å². The SMILES string of the molecule is C=CC(=O)OCCCCCCCCCCCOc1ccc(N=Nc2cc3sc(N=Nc4ccc(N(CC)CCOC(=O)C=C)cc4)nc3s2)cc1.[2H][2H]. The number of ether oxygens (including phenoxy) is 3. The lowest BCUT2D eigenvalue weighted by Crippen LogP contribution is -2.27. The molecular formula is C38H48N6O5S2. The number of anilines is 1. The summed E-state index contributed by atoms with van der Waals surface area (Å²) in [6.45, 7) is 11.7. The summed E-state index contributed by atoms with van der Waals surface area (Å²) in [5.74, 6) is 0.0692. The average Bonchev–Trinajstić information content (AvgIpc) is 3.76. The zero-order valence-corrected chi connectivity index (χ0v) is 30.8. The Bertz CT molecular complexity index is 1710. The van der Waals surface area contributed by atoms with Gasteiger partial charge in [-0.2, -0.15) is 0 Å². The molecule has 2 aromatic carbocycles. The highest BCUT2D eigenvalue weighted by Crippen LogP contribution is 2.39. The molecule has 0 aliphatic heterocycles. The van der Waals surface area contributed by atoms with Crippen LogP contribution in [0.4, 0.5) is 27.2 Å². The van der Waals surface area contributed by atoms with Crippen LogP contribution in [-0.2, 0) is 19.1 Å². The van der Waals surface area contributed by atoms with Gasteiger partial charge >= 0.3 is 11.9 Å². The maximum Gasteiger partial charge on any atom is 0.330 e. The molecule has 0 aliphatic carbocycles. The van der Waals surface area contributed by atoms with Crippen molar-refractivity contribution in [3.63, 3.8) is 0 Å². The van der Waals surface area contributed by atoms with E-state index in [1.165, 1.54) is 60.9 Å². The van der Waals surface area contributed by atoms with E-state index < -0.39 is 5.97 Å². The molecule has 13 heteroatoms. The maximum absolute atomic E-state index is 11.3. The summed E-state index contributed by atoms with van der Waals surface area (Å²) in [7, 11) is 0. The van der Waals surface area contributed by atoms with Crippen molar-refractivity contribution in [2.75, 3.05) is 37.8 Å². The molecule has 0 aliphatic rings. The van der Waals surface area contributed by atoms with Crippen molar-refractivity contribution in [1.82, 2.24) is 4.98 Å². The number of nitrogens with zero attached hydrogens (tertiary/aromatic N) is 6. The number of hydrogen-bond donors (Lipinski definition) is 0. The number of likely N-dealkylation sites (N-methyl/N-ethyl adjacent to an activating group) is 1. The van der Waals surface area contributed by atoms with Crippen molar-refractivity contribution in [3.8, 4) is 5.75 Å². The Hall–Kier alpha value is -4.75. The zero-order chi connectivity index (χ0) is 38.1. The van der Waals surface area contributed by atoms with Gasteiger partial charge in [-0.25, -0.2) is 14.6 Å². The number of fused-ring (bicyclic) bond motifs is 1. The Labute approximate surface area is 310 Å². The second kappa shape index (κ2) is 22.1. The first-order valence-corrected chi connectivity index (χ1v) is 19.0. The van der Waals surface area contributed by atoms with Crippen molar-refractivity contribution in [2.45, 2.75) is 64.7 Å². The van der Waals surface area contributed by atoms with E-state index in [2.05, 4.69) is 43.5 Å². The monoisotopic (exact) mass is 734 g/mol. The fraction of sp³-hybridized carbons (Fsp3) is 0.395. The molecule has 0 spiro atoms. The highest BCUT2D eigenvalue weighted by molar-refractivity contribution is 7.30. The molecule has 51 heavy (non-hydrogen) atoms. The van der Waals surface area contributed by atoms with Crippen LogP contribution >= 0.6 is 22.7 Å². The van der Waals surface area contributed by atoms with Crippen LogP contribution < -0.4 is 9.64 Å². The lowest BCUT2D eigenvalue weighted by molar-refractivity contribution is -0.138. The van der Waals surface area contributed by atoms with Gasteiger partial charge in [0.15, 0.2) is 0 Å². The predicted molar refractivity (Wildman–Crippen MR) is 208 cm³/mol. The van der Waals surface area contributed by atoms with Crippen LogP contribution in [0.2, 0.25) is 0 Å². The summed E-state index contributed by atoms with van der Waals surface area (Å²) in [5, 5.41) is 18.8. The fourth-order valence-electron chi connectivity index (χ4n) is 5.00. The van der Waals surface area contributed by atoms with Gasteiger partial charge in [0.25, 0.3) is 0 Å². The van der Waals surface area contributed by atoms with Crippen molar-refractivity contribution in [1.29, 1.82) is 0 Å². The van der Waals surface area contributed by atoms with E-state index in [1.54, 1.807) is 0 Å². The first-order chi connectivity index (χ1) is 26.0. The molecule has 0 N–H and O–H groups in total. The molecule has 0 atom stereocenters. The lowest BCUT2D eigenvalue weighted by Gasteiger charge is -2.22. The van der Waals surface area contributed by atoms with Crippen LogP contribution in [0.5, 0.6) is 5.75 Å². The van der Waals surface area contributed by atoms with Gasteiger partial charge in [0, 0.05) is 27.4 Å². The Balaban J connectivity index is 0.00000372. The molecule has 0 amide bonds. The first-order valence-electron chi connectivity index (χ1n) is 18.4. The maximum atomic E-state index is 11.3. The number of azo groups is 2. The van der Waals surface area contributed by atoms with Gasteiger partial charge in [0.1, 0.15) is 22.2 Å². The van der Waals surface area contributed by atoms with Gasteiger partial charge in [-0.05, 0) is 74.4 Å². The van der Waals surface area contributed by atoms with Gasteiger partial charge in [0.05, 0.1) is 35.8 Å². The third kappa shape index (κ3) is 14.2. The van der Waals surface area contributed by atoms with E-state index in [0.717, 1.165) is 75.6 Å². The van der Waals surface area contributed by atoms with Crippen LogP contribution in [0.25, 0.3) is 9.53 Å². The minimum absolute atomic E-state index is 0.291. The van der Waals surface area contributed by atoms with E-state index in [4.69, 9.17) is 17.2 Å². The highest BCUT2D eigenvalue weighted by Gasteiger charge is 2.09. The topological polar surface area (TPSA) is 127 Å². The van der Waals surface area contributed by atoms with Crippen molar-refractivity contribution in [3.05, 3.63) is 79.9 Å². The number of carbonyl (C=O) groups excluding carboxylic acids is 2. The van der Waals surface area contributed by atoms with Crippen LogP contribution in [0.3, 0.4) is 0 Å². The van der Waals surface area contributed by atoms with Crippen molar-refractivity contribution >= 4 is 71.3 Å². The van der Waals surface area contributed by atoms with E-state index in [1.807, 2.05) is 61.5 Å². The molecule has 0 saturated carbocycles. The number of carbonyl (C=O) groups is 2. The molecule has 0 fully saturated rings. The summed E-state index contributed by atoms with van der Waals surface area (Å²) < 4.78 is 27.0. The minimum Gasteiger partial charge on any atom is -0.494 e. The average molecular weight is 735 g/mol. The quantitative estimate of drug-likeness (QED) is 0.0303. The number of thiophene rings is 1. The molecule has 0 bridgehead atoms. The second-order valence-electron chi connectivity index (χ2n) is 11.5. The number of esters is 2. The Morgan fingerprint density at radius 1 is 0.765 bits per heavy atom. The second-order valence-corrected chi connectivity index (χ2v) is 13.5. The Kier molecular flexibility index (Phi) is 16.3. The largest absolute Gasteiger partial charge is 0.494 e. The third-order valence-electron chi connectivity index (χ3n) is 7.75. The van der Waals surface area contributed by atoms with Gasteiger partial charge in [-0.15, -0.1) is 20.5 Å². The van der Waals surface area contributed by atoms with Gasteiger partial charge in [0.2, 0.25) is 5.13 Å². The van der Waals surface area contributed by atoms with Gasteiger partial charge in [-0.3, -0.25) is 0 Å². The number of unbranched alkanes of at least 4 members (excludes halogenated alkanes) is 8. The smallest absolute Gasteiger partial charge is 0.330 e. The van der Waals surface area contributed by atoms with Crippen molar-refractivity contribution in [2.24, 2.45) is 20.5 Å². The first kappa shape index (κ1) is 37.5. The standard InChI is InChI=1S/C38H46N6O5S2.H2/c1-4-35(45)48-26-15-13-11-9-7-8-10-12-14-25-47-32-22-18-30(19-23-32)40-42-34-28-33-37(51-34)39-38(50-33)43-41-29-16-20-31(21-17-29)44(6-3)24-27-49-36(46)5-2;/h4-5,16-23,28H,1-2,6-15,24-27H2,3H3;1H/i;1+1D. The highest BCUT2D eigenvalue weighted by atomic mass is 32.1. The summed E-state index contributed by atoms with van der Waals surface area (Å²) in [6.07, 6.45) is 12.7. The van der Waals surface area contributed by atoms with Crippen LogP contribution in [0, 0.1) is 0 Å². The molecule has 11 nitrogen and oxygen atoms in total. The molecular weight excluding hydrogens is 685 g/mol. The lowest BCUT2D eigenvalue weighted by atomic mass is 10.1. The molecule has 4 rings (SSSR count). The molecule has 0 unspecified atom stereocenters. The fourth-order valence-corrected chi connectivity index (χ4v) is 6.85. The van der Waals surface area contributed by atoms with E-state index in [0.29, 0.717) is 31.5 Å². The predicted octanol–water partition coefficient (Wildman–Crippen LogP) is 11.6. The molecule has 2 aromatic heterocycles. The summed E-state index contributed by atoms with van der Waals surface area (Å²) in [5.41, 5.74) is 2.48. The molecule has 2 heterocycles. The third-order valence-corrected chi connectivity index (χ3v) is 9.68. The minimum atomic E-state index is -0.422. The summed E-state index contributed by atoms with van der Waals surface area (Å²) in [4.78, 5) is 29.8. The molecule has 0 radical (unpaired) electrons. The summed E-state index contributed by atoms with van der Waals surface area (Å²) >= 11 is 2.91. The van der Waals surface area contributed by atoms with Crippen LogP contribution in [-0.4, -0.2) is 49.8 Å². The number of benzene rings is 2. The van der Waals surface area contributed by atoms with Gasteiger partial charge in [-0.1, -0.05) is 80.8 Å². The Morgan fingerprint density at radius 2 is 1.33 bits per heavy atom. The number of aromatic nitrogens is 1. The molecule has 4 aromatic rings. The molecule has 272 valence electrons.